The lowest BCUT2D eigenvalue weighted by atomic mass is 10.0. The molecule has 2 nitrogen and oxygen atoms in total. The van der Waals surface area contributed by atoms with Crippen LogP contribution in [-0.2, 0) is 13.6 Å². The molecule has 19 heavy (non-hydrogen) atoms. The Hall–Kier alpha value is -2.06. The molecule has 0 amide bonds. The van der Waals surface area contributed by atoms with E-state index in [1.54, 1.807) is 0 Å². The Labute approximate surface area is 113 Å². The number of para-hydroxylation sites is 1. The molecule has 1 heterocycles. The highest BCUT2D eigenvalue weighted by atomic mass is 15.0. The number of fused-ring (bicyclic) bond motifs is 1. The van der Waals surface area contributed by atoms with E-state index >= 15 is 0 Å². The molecule has 2 heteroatoms. The molecule has 1 aromatic heterocycles. The summed E-state index contributed by atoms with van der Waals surface area (Å²) in [6, 6.07) is 16.9. The summed E-state index contributed by atoms with van der Waals surface area (Å²) < 4.78 is 2.25. The zero-order valence-electron chi connectivity index (χ0n) is 11.4. The monoisotopic (exact) mass is 250 g/mol. The maximum absolute atomic E-state index is 6.00. The molecule has 0 saturated heterocycles. The van der Waals surface area contributed by atoms with Gasteiger partial charge in [-0.3, -0.25) is 0 Å². The third kappa shape index (κ3) is 1.76. The van der Waals surface area contributed by atoms with E-state index in [9.17, 15) is 0 Å². The number of nitrogens with two attached hydrogens (primary N) is 1. The molecule has 0 fully saturated rings. The fourth-order valence-electron chi connectivity index (χ4n) is 2.86. The van der Waals surface area contributed by atoms with Crippen LogP contribution in [0.15, 0.2) is 48.5 Å². The average Bonchev–Trinajstić information content (AvgIpc) is 2.73. The van der Waals surface area contributed by atoms with E-state index in [-0.39, 0.29) is 0 Å². The van der Waals surface area contributed by atoms with Gasteiger partial charge >= 0.3 is 0 Å². The van der Waals surface area contributed by atoms with Gasteiger partial charge in [-0.05, 0) is 24.1 Å². The molecule has 2 aromatic carbocycles. The molecular formula is C17H18N2. The van der Waals surface area contributed by atoms with E-state index in [2.05, 4.69) is 67.1 Å². The van der Waals surface area contributed by atoms with Crippen molar-refractivity contribution < 1.29 is 0 Å². The molecule has 3 rings (SSSR count). The van der Waals surface area contributed by atoms with Crippen LogP contribution in [0.4, 0.5) is 0 Å². The van der Waals surface area contributed by atoms with E-state index in [0.717, 1.165) is 0 Å². The van der Waals surface area contributed by atoms with Crippen LogP contribution < -0.4 is 5.73 Å². The third-order valence-electron chi connectivity index (χ3n) is 3.82. The fraction of sp³-hybridized carbons (Fsp3) is 0.176. The van der Waals surface area contributed by atoms with E-state index < -0.39 is 0 Å². The van der Waals surface area contributed by atoms with E-state index in [4.69, 9.17) is 5.73 Å². The van der Waals surface area contributed by atoms with Crippen molar-refractivity contribution in [3.05, 3.63) is 59.7 Å². The predicted octanol–water partition coefficient (Wildman–Crippen LogP) is 3.61. The normalized spacial score (nSPS) is 11.1. The summed E-state index contributed by atoms with van der Waals surface area (Å²) >= 11 is 0. The van der Waals surface area contributed by atoms with Crippen LogP contribution in [0.5, 0.6) is 0 Å². The first kappa shape index (κ1) is 12.0. The Balaban J connectivity index is 2.41. The van der Waals surface area contributed by atoms with Crippen LogP contribution in [0.2, 0.25) is 0 Å². The summed E-state index contributed by atoms with van der Waals surface area (Å²) in [7, 11) is 2.11. The second-order valence-corrected chi connectivity index (χ2v) is 4.92. The molecule has 96 valence electrons. The van der Waals surface area contributed by atoms with Crippen LogP contribution in [0.3, 0.4) is 0 Å². The van der Waals surface area contributed by atoms with E-state index in [0.29, 0.717) is 6.54 Å². The summed E-state index contributed by atoms with van der Waals surface area (Å²) in [4.78, 5) is 0. The summed E-state index contributed by atoms with van der Waals surface area (Å²) in [5.74, 6) is 0. The van der Waals surface area contributed by atoms with Crippen LogP contribution in [0.25, 0.3) is 22.2 Å². The fourth-order valence-corrected chi connectivity index (χ4v) is 2.86. The van der Waals surface area contributed by atoms with Crippen molar-refractivity contribution in [2.45, 2.75) is 13.5 Å². The van der Waals surface area contributed by atoms with Gasteiger partial charge in [0.2, 0.25) is 0 Å². The molecule has 0 saturated carbocycles. The number of rotatable bonds is 2. The summed E-state index contributed by atoms with van der Waals surface area (Å²) in [5, 5.41) is 1.26. The van der Waals surface area contributed by atoms with Crippen LogP contribution in [0.1, 0.15) is 11.1 Å². The first-order valence-corrected chi connectivity index (χ1v) is 6.56. The topological polar surface area (TPSA) is 30.9 Å². The Kier molecular flexibility index (Phi) is 2.88. The maximum atomic E-state index is 6.00. The maximum Gasteiger partial charge on any atom is 0.0536 e. The van der Waals surface area contributed by atoms with Gasteiger partial charge in [-0.2, -0.15) is 0 Å². The highest BCUT2D eigenvalue weighted by Crippen LogP contribution is 2.34. The van der Waals surface area contributed by atoms with E-state index in [1.807, 2.05) is 0 Å². The molecule has 3 aromatic rings. The second kappa shape index (κ2) is 4.56. The molecule has 0 aliphatic rings. The SMILES string of the molecule is Cc1ccccc1-c1c(CN)c2ccccc2n1C. The van der Waals surface area contributed by atoms with Gasteiger partial charge in [0.05, 0.1) is 5.69 Å². The van der Waals surface area contributed by atoms with Gasteiger partial charge in [-0.25, -0.2) is 0 Å². The Morgan fingerprint density at radius 3 is 2.42 bits per heavy atom. The Morgan fingerprint density at radius 1 is 1.00 bits per heavy atom. The highest BCUT2D eigenvalue weighted by Gasteiger charge is 2.16. The summed E-state index contributed by atoms with van der Waals surface area (Å²) in [5.41, 5.74) is 12.3. The number of aryl methyl sites for hydroxylation is 2. The number of hydrogen-bond donors (Lipinski definition) is 1. The van der Waals surface area contributed by atoms with Crippen LogP contribution >= 0.6 is 0 Å². The van der Waals surface area contributed by atoms with E-state index in [1.165, 1.54) is 33.3 Å². The quantitative estimate of drug-likeness (QED) is 0.740. The minimum Gasteiger partial charge on any atom is -0.343 e. The molecule has 0 radical (unpaired) electrons. The van der Waals surface area contributed by atoms with Gasteiger partial charge < -0.3 is 10.3 Å². The van der Waals surface area contributed by atoms with Crippen LogP contribution in [0, 0.1) is 6.92 Å². The first-order valence-electron chi connectivity index (χ1n) is 6.56. The largest absolute Gasteiger partial charge is 0.343 e. The molecule has 0 spiro atoms. The molecular weight excluding hydrogens is 232 g/mol. The molecule has 2 N–H and O–H groups in total. The number of nitrogens with zero attached hydrogens (tertiary/aromatic N) is 1. The van der Waals surface area contributed by atoms with Crippen molar-refractivity contribution in [1.29, 1.82) is 0 Å². The molecule has 0 bridgehead atoms. The third-order valence-corrected chi connectivity index (χ3v) is 3.82. The zero-order chi connectivity index (χ0) is 13.4. The summed E-state index contributed by atoms with van der Waals surface area (Å²) in [6.07, 6.45) is 0. The van der Waals surface area contributed by atoms with Crippen molar-refractivity contribution >= 4 is 10.9 Å². The lowest BCUT2D eigenvalue weighted by Crippen LogP contribution is -2.00. The molecule has 0 atom stereocenters. The van der Waals surface area contributed by atoms with Crippen molar-refractivity contribution in [2.75, 3.05) is 0 Å². The summed E-state index contributed by atoms with van der Waals surface area (Å²) in [6.45, 7) is 2.71. The van der Waals surface area contributed by atoms with Gasteiger partial charge in [0.25, 0.3) is 0 Å². The number of aromatic nitrogens is 1. The first-order chi connectivity index (χ1) is 9.24. The lowest BCUT2D eigenvalue weighted by molar-refractivity contribution is 0.957. The van der Waals surface area contributed by atoms with Gasteiger partial charge in [-0.15, -0.1) is 0 Å². The second-order valence-electron chi connectivity index (χ2n) is 4.92. The molecule has 0 aliphatic carbocycles. The van der Waals surface area contributed by atoms with Gasteiger partial charge in [0.15, 0.2) is 0 Å². The highest BCUT2D eigenvalue weighted by molar-refractivity contribution is 5.92. The minimum atomic E-state index is 0.561. The zero-order valence-corrected chi connectivity index (χ0v) is 11.4. The minimum absolute atomic E-state index is 0.561. The predicted molar refractivity (Wildman–Crippen MR) is 81.0 cm³/mol. The van der Waals surface area contributed by atoms with Crippen LogP contribution in [-0.4, -0.2) is 4.57 Å². The molecule has 0 unspecified atom stereocenters. The number of benzene rings is 2. The van der Waals surface area contributed by atoms with Crippen molar-refractivity contribution in [1.82, 2.24) is 4.57 Å². The standard InChI is InChI=1S/C17H18N2/c1-12-7-3-4-8-13(12)17-15(11-18)14-9-5-6-10-16(14)19(17)2/h3-10H,11,18H2,1-2H3. The average molecular weight is 250 g/mol. The van der Waals surface area contributed by atoms with Crippen molar-refractivity contribution in [3.8, 4) is 11.3 Å². The van der Waals surface area contributed by atoms with Crippen molar-refractivity contribution in [3.63, 3.8) is 0 Å². The Bertz CT molecular complexity index is 738. The Morgan fingerprint density at radius 2 is 1.68 bits per heavy atom. The van der Waals surface area contributed by atoms with Gasteiger partial charge in [0, 0.05) is 30.1 Å². The lowest BCUT2D eigenvalue weighted by Gasteiger charge is -2.10. The number of hydrogen-bond acceptors (Lipinski definition) is 1. The van der Waals surface area contributed by atoms with Crippen molar-refractivity contribution in [2.24, 2.45) is 12.8 Å². The smallest absolute Gasteiger partial charge is 0.0536 e. The van der Waals surface area contributed by atoms with Gasteiger partial charge in [-0.1, -0.05) is 42.5 Å². The van der Waals surface area contributed by atoms with Gasteiger partial charge in [0.1, 0.15) is 0 Å². The molecule has 0 aliphatic heterocycles.